The van der Waals surface area contributed by atoms with Gasteiger partial charge in [0.15, 0.2) is 5.43 Å². The van der Waals surface area contributed by atoms with Gasteiger partial charge in [-0.3, -0.25) is 9.59 Å². The van der Waals surface area contributed by atoms with Crippen LogP contribution in [0.15, 0.2) is 35.1 Å². The summed E-state index contributed by atoms with van der Waals surface area (Å²) in [5, 5.41) is 0.675. The first-order valence-corrected chi connectivity index (χ1v) is 10.4. The van der Waals surface area contributed by atoms with E-state index in [1.54, 1.807) is 6.07 Å². The number of benzene rings is 1. The van der Waals surface area contributed by atoms with Crippen LogP contribution in [-0.4, -0.2) is 53.5 Å². The van der Waals surface area contributed by atoms with Crippen molar-refractivity contribution in [3.05, 3.63) is 46.2 Å². The number of rotatable bonds is 4. The molecule has 2 aliphatic carbocycles. The summed E-state index contributed by atoms with van der Waals surface area (Å²) in [7, 11) is 6.31. The van der Waals surface area contributed by atoms with Crippen LogP contribution in [0.2, 0.25) is 0 Å². The monoisotopic (exact) mass is 381 g/mol. The van der Waals surface area contributed by atoms with Crippen molar-refractivity contribution >= 4 is 16.8 Å². The smallest absolute Gasteiger partial charge is 0.242 e. The van der Waals surface area contributed by atoms with E-state index < -0.39 is 0 Å². The van der Waals surface area contributed by atoms with Gasteiger partial charge in [-0.25, -0.2) is 0 Å². The molecule has 5 nitrogen and oxygen atoms in total. The van der Waals surface area contributed by atoms with Crippen molar-refractivity contribution in [2.45, 2.75) is 51.2 Å². The summed E-state index contributed by atoms with van der Waals surface area (Å²) in [6.07, 6.45) is 4.78. The maximum atomic E-state index is 13.1. The number of nitrogens with zero attached hydrogens (tertiary/aromatic N) is 3. The number of hydrogen-bond acceptors (Lipinski definition) is 3. The van der Waals surface area contributed by atoms with Gasteiger partial charge < -0.3 is 14.4 Å². The third kappa shape index (κ3) is 3.37. The van der Waals surface area contributed by atoms with Gasteiger partial charge >= 0.3 is 0 Å². The van der Waals surface area contributed by atoms with Crippen molar-refractivity contribution in [3.8, 4) is 0 Å². The fourth-order valence-electron chi connectivity index (χ4n) is 5.40. The lowest BCUT2D eigenvalue weighted by Crippen LogP contribution is -2.39. The van der Waals surface area contributed by atoms with E-state index in [0.29, 0.717) is 17.5 Å². The number of pyridine rings is 1. The number of aryl methyl sites for hydroxylation is 1. The molecule has 1 amide bonds. The Bertz CT molecular complexity index is 935. The standard InChI is InChI=1S/C23H31N3O2/c1-15-9-22(27)20-7-5-6-8-21(20)26(15)14-23(28)25(4)19-12-16-10-18(24(2)3)11-17(16)13-19/h5-9,16-19H,10-14H2,1-4H3/t16-,17+,18?,19?. The maximum absolute atomic E-state index is 13.1. The molecule has 150 valence electrons. The summed E-state index contributed by atoms with van der Waals surface area (Å²) in [6, 6.07) is 10.2. The normalized spacial score (nSPS) is 26.8. The minimum Gasteiger partial charge on any atom is -0.341 e. The highest BCUT2D eigenvalue weighted by atomic mass is 16.2. The molecule has 0 aliphatic heterocycles. The second kappa shape index (κ2) is 7.36. The van der Waals surface area contributed by atoms with Crippen LogP contribution in [0, 0.1) is 18.8 Å². The van der Waals surface area contributed by atoms with Gasteiger partial charge in [0, 0.05) is 36.3 Å². The van der Waals surface area contributed by atoms with Crippen LogP contribution in [0.1, 0.15) is 31.4 Å². The van der Waals surface area contributed by atoms with E-state index in [2.05, 4.69) is 19.0 Å². The first kappa shape index (κ1) is 19.2. The zero-order chi connectivity index (χ0) is 20.0. The Kier molecular flexibility index (Phi) is 5.04. The number of amides is 1. The van der Waals surface area contributed by atoms with E-state index in [1.165, 1.54) is 12.8 Å². The Balaban J connectivity index is 1.48. The number of carbonyl (C=O) groups is 1. The van der Waals surface area contributed by atoms with Crippen molar-refractivity contribution in [3.63, 3.8) is 0 Å². The third-order valence-electron chi connectivity index (χ3n) is 7.16. The predicted molar refractivity (Wildman–Crippen MR) is 112 cm³/mol. The molecule has 0 N–H and O–H groups in total. The Hall–Kier alpha value is -2.14. The summed E-state index contributed by atoms with van der Waals surface area (Å²) in [5.74, 6) is 1.64. The lowest BCUT2D eigenvalue weighted by Gasteiger charge is -2.28. The molecule has 1 aromatic carbocycles. The average molecular weight is 382 g/mol. The average Bonchev–Trinajstić information content (AvgIpc) is 3.23. The third-order valence-corrected chi connectivity index (χ3v) is 7.16. The highest BCUT2D eigenvalue weighted by molar-refractivity contribution is 5.82. The van der Waals surface area contributed by atoms with Gasteiger partial charge in [0.25, 0.3) is 0 Å². The molecule has 28 heavy (non-hydrogen) atoms. The lowest BCUT2D eigenvalue weighted by atomic mass is 10.0. The van der Waals surface area contributed by atoms with Crippen molar-refractivity contribution in [2.24, 2.45) is 11.8 Å². The molecular formula is C23H31N3O2. The van der Waals surface area contributed by atoms with E-state index in [-0.39, 0.29) is 17.9 Å². The summed E-state index contributed by atoms with van der Waals surface area (Å²) in [4.78, 5) is 29.7. The van der Waals surface area contributed by atoms with Crippen LogP contribution in [-0.2, 0) is 11.3 Å². The van der Waals surface area contributed by atoms with Crippen molar-refractivity contribution in [1.29, 1.82) is 0 Å². The van der Waals surface area contributed by atoms with Crippen molar-refractivity contribution in [2.75, 3.05) is 21.1 Å². The fraction of sp³-hybridized carbons (Fsp3) is 0.565. The molecule has 0 radical (unpaired) electrons. The Labute approximate surface area is 166 Å². The fourth-order valence-corrected chi connectivity index (χ4v) is 5.40. The highest BCUT2D eigenvalue weighted by Crippen LogP contribution is 2.46. The topological polar surface area (TPSA) is 45.6 Å². The quantitative estimate of drug-likeness (QED) is 0.818. The molecule has 0 spiro atoms. The second-order valence-corrected chi connectivity index (χ2v) is 8.99. The maximum Gasteiger partial charge on any atom is 0.242 e. The number of para-hydroxylation sites is 1. The molecule has 0 bridgehead atoms. The van der Waals surface area contributed by atoms with E-state index in [1.807, 2.05) is 47.7 Å². The SMILES string of the molecule is Cc1cc(=O)c2ccccc2n1CC(=O)N(C)C1C[C@H]2CC(N(C)C)C[C@H]2C1. The zero-order valence-corrected chi connectivity index (χ0v) is 17.4. The first-order valence-electron chi connectivity index (χ1n) is 10.4. The Morgan fingerprint density at radius 1 is 1.04 bits per heavy atom. The number of fused-ring (bicyclic) bond motifs is 2. The summed E-state index contributed by atoms with van der Waals surface area (Å²) < 4.78 is 1.98. The van der Waals surface area contributed by atoms with Crippen LogP contribution >= 0.6 is 0 Å². The lowest BCUT2D eigenvalue weighted by molar-refractivity contribution is -0.132. The molecule has 2 aromatic rings. The first-order chi connectivity index (χ1) is 13.3. The van der Waals surface area contributed by atoms with Gasteiger partial charge in [0.2, 0.25) is 5.91 Å². The van der Waals surface area contributed by atoms with Gasteiger partial charge in [-0.2, -0.15) is 0 Å². The number of likely N-dealkylation sites (N-methyl/N-ethyl adjacent to an activating group) is 1. The van der Waals surface area contributed by atoms with Crippen LogP contribution in [0.4, 0.5) is 0 Å². The molecule has 2 aliphatic rings. The van der Waals surface area contributed by atoms with Gasteiger partial charge in [0.1, 0.15) is 6.54 Å². The van der Waals surface area contributed by atoms with Gasteiger partial charge in [0.05, 0.1) is 5.52 Å². The van der Waals surface area contributed by atoms with Crippen LogP contribution in [0.25, 0.3) is 10.9 Å². The van der Waals surface area contributed by atoms with Crippen molar-refractivity contribution in [1.82, 2.24) is 14.4 Å². The number of carbonyl (C=O) groups excluding carboxylic acids is 1. The number of aromatic nitrogens is 1. The minimum atomic E-state index is 0.0178. The zero-order valence-electron chi connectivity index (χ0n) is 17.4. The van der Waals surface area contributed by atoms with Gasteiger partial charge in [-0.05, 0) is 70.7 Å². The Morgan fingerprint density at radius 3 is 2.29 bits per heavy atom. The summed E-state index contributed by atoms with van der Waals surface area (Å²) >= 11 is 0. The summed E-state index contributed by atoms with van der Waals surface area (Å²) in [6.45, 7) is 2.19. The van der Waals surface area contributed by atoms with Gasteiger partial charge in [-0.15, -0.1) is 0 Å². The highest BCUT2D eigenvalue weighted by Gasteiger charge is 2.44. The van der Waals surface area contributed by atoms with E-state index in [4.69, 9.17) is 0 Å². The minimum absolute atomic E-state index is 0.0178. The molecule has 4 atom stereocenters. The van der Waals surface area contributed by atoms with E-state index >= 15 is 0 Å². The van der Waals surface area contributed by atoms with E-state index in [0.717, 1.165) is 35.9 Å². The molecule has 5 heteroatoms. The van der Waals surface area contributed by atoms with E-state index in [9.17, 15) is 9.59 Å². The Morgan fingerprint density at radius 2 is 1.64 bits per heavy atom. The summed E-state index contributed by atoms with van der Waals surface area (Å²) in [5.41, 5.74) is 1.69. The molecule has 2 saturated carbocycles. The molecule has 0 saturated heterocycles. The second-order valence-electron chi connectivity index (χ2n) is 8.99. The van der Waals surface area contributed by atoms with Crippen molar-refractivity contribution < 1.29 is 4.79 Å². The number of hydrogen-bond donors (Lipinski definition) is 0. The molecule has 4 rings (SSSR count). The molecule has 2 unspecified atom stereocenters. The van der Waals surface area contributed by atoms with Crippen LogP contribution < -0.4 is 5.43 Å². The van der Waals surface area contributed by atoms with Crippen LogP contribution in [0.3, 0.4) is 0 Å². The largest absolute Gasteiger partial charge is 0.341 e. The predicted octanol–water partition coefficient (Wildman–Crippen LogP) is 2.89. The molecule has 2 fully saturated rings. The van der Waals surface area contributed by atoms with Crippen LogP contribution in [0.5, 0.6) is 0 Å². The van der Waals surface area contributed by atoms with Gasteiger partial charge in [-0.1, -0.05) is 12.1 Å². The molecular weight excluding hydrogens is 350 g/mol. The molecule has 1 heterocycles. The molecule has 1 aromatic heterocycles.